The van der Waals surface area contributed by atoms with Crippen molar-refractivity contribution in [2.24, 2.45) is 5.92 Å². The van der Waals surface area contributed by atoms with Gasteiger partial charge in [-0.05, 0) is 18.1 Å². The van der Waals surface area contributed by atoms with Gasteiger partial charge in [-0.1, -0.05) is 6.07 Å². The Labute approximate surface area is 152 Å². The van der Waals surface area contributed by atoms with Crippen LogP contribution in [0, 0.1) is 5.92 Å². The molecule has 1 aromatic rings. The van der Waals surface area contributed by atoms with Crippen molar-refractivity contribution in [1.29, 1.82) is 0 Å². The first-order valence-electron chi connectivity index (χ1n) is 9.02. The molecule has 7 heteroatoms. The molecular formula is C19H24N2O5. The molecule has 0 unspecified atom stereocenters. The highest BCUT2D eigenvalue weighted by molar-refractivity contribution is 5.80. The number of piperidine rings is 1. The minimum absolute atomic E-state index is 0.124. The van der Waals surface area contributed by atoms with Crippen LogP contribution in [0.1, 0.15) is 18.4 Å². The van der Waals surface area contributed by atoms with E-state index in [4.69, 9.17) is 14.2 Å². The molecule has 1 spiro atoms. The average Bonchev–Trinajstić information content (AvgIpc) is 2.94. The maximum Gasteiger partial charge on any atom is 0.410 e. The van der Waals surface area contributed by atoms with Crippen LogP contribution in [-0.2, 0) is 16.0 Å². The zero-order chi connectivity index (χ0) is 18.3. The van der Waals surface area contributed by atoms with E-state index in [-0.39, 0.29) is 17.9 Å². The summed E-state index contributed by atoms with van der Waals surface area (Å²) in [6.07, 6.45) is 1.79. The molecule has 4 rings (SSSR count). The summed E-state index contributed by atoms with van der Waals surface area (Å²) in [5, 5.41) is 0. The lowest BCUT2D eigenvalue weighted by atomic mass is 9.89. The first-order chi connectivity index (χ1) is 12.5. The SMILES string of the molecule is COc1ccc2c(c1)OC[C@H](C(=O)N1CCC3(CC1)CN(C)C(=O)O3)C2. The molecule has 7 nitrogen and oxygen atoms in total. The van der Waals surface area contributed by atoms with Crippen molar-refractivity contribution in [1.82, 2.24) is 9.80 Å². The highest BCUT2D eigenvalue weighted by Gasteiger charge is 2.46. The molecule has 0 aliphatic carbocycles. The van der Waals surface area contributed by atoms with Gasteiger partial charge in [0.15, 0.2) is 0 Å². The van der Waals surface area contributed by atoms with E-state index in [1.807, 2.05) is 23.1 Å². The third-order valence-electron chi connectivity index (χ3n) is 5.66. The lowest BCUT2D eigenvalue weighted by Gasteiger charge is -2.39. The van der Waals surface area contributed by atoms with E-state index < -0.39 is 5.60 Å². The van der Waals surface area contributed by atoms with Gasteiger partial charge in [0.05, 0.1) is 19.6 Å². The van der Waals surface area contributed by atoms with Crippen molar-refractivity contribution in [3.63, 3.8) is 0 Å². The van der Waals surface area contributed by atoms with Gasteiger partial charge in [-0.3, -0.25) is 4.79 Å². The van der Waals surface area contributed by atoms with Crippen LogP contribution >= 0.6 is 0 Å². The van der Waals surface area contributed by atoms with Gasteiger partial charge in [-0.15, -0.1) is 0 Å². The molecule has 2 fully saturated rings. The Morgan fingerprint density at radius 2 is 2.08 bits per heavy atom. The highest BCUT2D eigenvalue weighted by Crippen LogP contribution is 2.35. The van der Waals surface area contributed by atoms with Crippen LogP contribution in [0.4, 0.5) is 4.79 Å². The Kier molecular flexibility index (Phi) is 4.17. The maximum absolute atomic E-state index is 12.9. The van der Waals surface area contributed by atoms with Crippen molar-refractivity contribution in [3.8, 4) is 11.5 Å². The molecule has 3 heterocycles. The van der Waals surface area contributed by atoms with Crippen molar-refractivity contribution in [3.05, 3.63) is 23.8 Å². The van der Waals surface area contributed by atoms with Gasteiger partial charge >= 0.3 is 6.09 Å². The zero-order valence-corrected chi connectivity index (χ0v) is 15.2. The standard InChI is InChI=1S/C19H24N2O5/c1-20-12-19(26-18(20)23)5-7-21(8-6-19)17(22)14-9-13-3-4-15(24-2)10-16(13)25-11-14/h3-4,10,14H,5-9,11-12H2,1-2H3/t14-/m1/s1. The number of methoxy groups -OCH3 is 1. The zero-order valence-electron chi connectivity index (χ0n) is 15.2. The summed E-state index contributed by atoms with van der Waals surface area (Å²) in [5.74, 6) is 1.51. The summed E-state index contributed by atoms with van der Waals surface area (Å²) in [7, 11) is 3.37. The minimum Gasteiger partial charge on any atom is -0.497 e. The Balaban J connectivity index is 1.38. The summed E-state index contributed by atoms with van der Waals surface area (Å²) in [4.78, 5) is 28.1. The molecule has 1 aromatic carbocycles. The molecule has 0 aromatic heterocycles. The van der Waals surface area contributed by atoms with Crippen molar-refractivity contribution in [2.45, 2.75) is 24.9 Å². The van der Waals surface area contributed by atoms with E-state index in [0.717, 1.165) is 17.1 Å². The first kappa shape index (κ1) is 17.0. The number of hydrogen-bond acceptors (Lipinski definition) is 5. The van der Waals surface area contributed by atoms with Crippen LogP contribution in [0.3, 0.4) is 0 Å². The second kappa shape index (κ2) is 6.37. The Bertz CT molecular complexity index is 727. The van der Waals surface area contributed by atoms with E-state index in [1.165, 1.54) is 0 Å². The van der Waals surface area contributed by atoms with Gasteiger partial charge < -0.3 is 24.0 Å². The predicted octanol–water partition coefficient (Wildman–Crippen LogP) is 1.69. The fourth-order valence-electron chi connectivity index (χ4n) is 4.08. The van der Waals surface area contributed by atoms with Gasteiger partial charge in [0.1, 0.15) is 23.7 Å². The van der Waals surface area contributed by atoms with Crippen molar-refractivity contribution in [2.75, 3.05) is 40.4 Å². The Morgan fingerprint density at radius 3 is 2.73 bits per heavy atom. The monoisotopic (exact) mass is 360 g/mol. The summed E-state index contributed by atoms with van der Waals surface area (Å²) in [6, 6.07) is 5.73. The molecule has 0 bridgehead atoms. The summed E-state index contributed by atoms with van der Waals surface area (Å²) in [5.41, 5.74) is 0.615. The number of rotatable bonds is 2. The lowest BCUT2D eigenvalue weighted by Crippen LogP contribution is -2.51. The lowest BCUT2D eigenvalue weighted by molar-refractivity contribution is -0.140. The first-order valence-corrected chi connectivity index (χ1v) is 9.02. The largest absolute Gasteiger partial charge is 0.497 e. The normalized spacial score (nSPS) is 24.1. The third-order valence-corrected chi connectivity index (χ3v) is 5.66. The van der Waals surface area contributed by atoms with Crippen molar-refractivity contribution >= 4 is 12.0 Å². The van der Waals surface area contributed by atoms with Gasteiger partial charge in [0.25, 0.3) is 0 Å². The Hall–Kier alpha value is -2.44. The molecule has 2 amide bonds. The highest BCUT2D eigenvalue weighted by atomic mass is 16.6. The number of amides is 2. The number of fused-ring (bicyclic) bond motifs is 1. The number of nitrogens with zero attached hydrogens (tertiary/aromatic N) is 2. The van der Waals surface area contributed by atoms with E-state index >= 15 is 0 Å². The van der Waals surface area contributed by atoms with Crippen LogP contribution in [0.2, 0.25) is 0 Å². The number of likely N-dealkylation sites (N-methyl/N-ethyl adjacent to an activating group) is 1. The summed E-state index contributed by atoms with van der Waals surface area (Å²) >= 11 is 0. The molecule has 3 aliphatic rings. The molecule has 0 radical (unpaired) electrons. The number of ether oxygens (including phenoxy) is 3. The molecular weight excluding hydrogens is 336 g/mol. The third kappa shape index (κ3) is 2.95. The summed E-state index contributed by atoms with van der Waals surface area (Å²) in [6.45, 7) is 2.23. The minimum atomic E-state index is -0.422. The van der Waals surface area contributed by atoms with Gasteiger partial charge in [-0.2, -0.15) is 0 Å². The molecule has 2 saturated heterocycles. The van der Waals surface area contributed by atoms with Crippen LogP contribution in [-0.4, -0.2) is 67.8 Å². The molecule has 3 aliphatic heterocycles. The topological polar surface area (TPSA) is 68.3 Å². The molecule has 0 N–H and O–H groups in total. The number of carbonyl (C=O) groups excluding carboxylic acids is 2. The molecule has 0 saturated carbocycles. The van der Waals surface area contributed by atoms with Gasteiger partial charge in [-0.25, -0.2) is 4.79 Å². The van der Waals surface area contributed by atoms with Gasteiger partial charge in [0, 0.05) is 39.0 Å². The van der Waals surface area contributed by atoms with Crippen LogP contribution in [0.25, 0.3) is 0 Å². The fourth-order valence-corrected chi connectivity index (χ4v) is 4.08. The number of carbonyl (C=O) groups is 2. The predicted molar refractivity (Wildman–Crippen MR) is 93.3 cm³/mol. The molecule has 26 heavy (non-hydrogen) atoms. The number of benzene rings is 1. The number of hydrogen-bond donors (Lipinski definition) is 0. The molecule has 1 atom stereocenters. The Morgan fingerprint density at radius 1 is 1.31 bits per heavy atom. The second-order valence-corrected chi connectivity index (χ2v) is 7.42. The van der Waals surface area contributed by atoms with Crippen LogP contribution in [0.5, 0.6) is 11.5 Å². The van der Waals surface area contributed by atoms with Gasteiger partial charge in [0.2, 0.25) is 5.91 Å². The average molecular weight is 360 g/mol. The van der Waals surface area contributed by atoms with Crippen LogP contribution in [0.15, 0.2) is 18.2 Å². The smallest absolute Gasteiger partial charge is 0.410 e. The summed E-state index contributed by atoms with van der Waals surface area (Å²) < 4.78 is 16.6. The van der Waals surface area contributed by atoms with Crippen LogP contribution < -0.4 is 9.47 Å². The quantitative estimate of drug-likeness (QED) is 0.803. The van der Waals surface area contributed by atoms with E-state index in [0.29, 0.717) is 45.5 Å². The second-order valence-electron chi connectivity index (χ2n) is 7.42. The van der Waals surface area contributed by atoms with E-state index in [2.05, 4.69) is 0 Å². The van der Waals surface area contributed by atoms with Crippen molar-refractivity contribution < 1.29 is 23.8 Å². The molecule has 140 valence electrons. The van der Waals surface area contributed by atoms with E-state index in [9.17, 15) is 9.59 Å². The number of likely N-dealkylation sites (tertiary alicyclic amines) is 1. The maximum atomic E-state index is 12.9. The fraction of sp³-hybridized carbons (Fsp3) is 0.579. The van der Waals surface area contributed by atoms with E-state index in [1.54, 1.807) is 19.1 Å².